The fourth-order valence-corrected chi connectivity index (χ4v) is 2.09. The third kappa shape index (κ3) is 6.73. The highest BCUT2D eigenvalue weighted by Gasteiger charge is 2.19. The molecule has 0 aliphatic carbocycles. The second kappa shape index (κ2) is 8.79. The molecule has 0 aliphatic rings. The van der Waals surface area contributed by atoms with Crippen LogP contribution in [0.15, 0.2) is 10.6 Å². The van der Waals surface area contributed by atoms with Crippen LogP contribution < -0.4 is 0 Å². The first-order valence-electron chi connectivity index (χ1n) is 7.42. The van der Waals surface area contributed by atoms with Gasteiger partial charge in [0.25, 0.3) is 5.91 Å². The Labute approximate surface area is 127 Å². The monoisotopic (exact) mass is 296 g/mol. The summed E-state index contributed by atoms with van der Waals surface area (Å²) in [6, 6.07) is 1.70. The van der Waals surface area contributed by atoms with Crippen LogP contribution in [0.25, 0.3) is 0 Å². The number of nitrogens with zero attached hydrogens (tertiary/aromatic N) is 4. The Hall–Kier alpha value is -1.40. The van der Waals surface area contributed by atoms with E-state index in [9.17, 15) is 4.79 Å². The number of carbonyl (C=O) groups is 1. The fourth-order valence-electron chi connectivity index (χ4n) is 2.09. The van der Waals surface area contributed by atoms with Gasteiger partial charge in [0.15, 0.2) is 0 Å². The van der Waals surface area contributed by atoms with E-state index in [0.29, 0.717) is 5.76 Å². The highest BCUT2D eigenvalue weighted by molar-refractivity contribution is 5.91. The zero-order valence-electron chi connectivity index (χ0n) is 13.9. The molecule has 0 aromatic carbocycles. The number of hydrogen-bond acceptors (Lipinski definition) is 5. The zero-order valence-corrected chi connectivity index (χ0v) is 13.9. The lowest BCUT2D eigenvalue weighted by Gasteiger charge is -2.23. The topological polar surface area (TPSA) is 52.8 Å². The van der Waals surface area contributed by atoms with Crippen LogP contribution in [0.4, 0.5) is 0 Å². The number of hydrogen-bond donors (Lipinski definition) is 0. The highest BCUT2D eigenvalue weighted by Crippen LogP contribution is 2.08. The Morgan fingerprint density at radius 1 is 1.05 bits per heavy atom. The predicted molar refractivity (Wildman–Crippen MR) is 83.5 cm³/mol. The summed E-state index contributed by atoms with van der Waals surface area (Å²) in [5.74, 6) is 0.273. The maximum Gasteiger partial charge on any atom is 0.292 e. The van der Waals surface area contributed by atoms with E-state index >= 15 is 0 Å². The molecular weight excluding hydrogens is 268 g/mol. The van der Waals surface area contributed by atoms with Crippen molar-refractivity contribution >= 4 is 5.91 Å². The molecule has 1 rings (SSSR count). The van der Waals surface area contributed by atoms with Crippen molar-refractivity contribution in [3.63, 3.8) is 0 Å². The number of amides is 1. The lowest BCUT2D eigenvalue weighted by Crippen LogP contribution is -2.35. The summed E-state index contributed by atoms with van der Waals surface area (Å²) in [5.41, 5.74) is 0.736. The van der Waals surface area contributed by atoms with Crippen LogP contribution in [0.1, 0.15) is 29.1 Å². The van der Waals surface area contributed by atoms with Gasteiger partial charge in [0.05, 0.1) is 5.69 Å². The predicted octanol–water partition coefficient (Wildman–Crippen LogP) is 1.33. The van der Waals surface area contributed by atoms with E-state index in [0.717, 1.165) is 44.7 Å². The van der Waals surface area contributed by atoms with E-state index in [4.69, 9.17) is 4.52 Å². The summed E-state index contributed by atoms with van der Waals surface area (Å²) < 4.78 is 5.10. The molecule has 0 fully saturated rings. The van der Waals surface area contributed by atoms with Gasteiger partial charge in [-0.1, -0.05) is 5.16 Å². The van der Waals surface area contributed by atoms with Gasteiger partial charge in [0, 0.05) is 19.2 Å². The Kier molecular flexibility index (Phi) is 7.39. The molecule has 0 unspecified atom stereocenters. The Morgan fingerprint density at radius 3 is 1.95 bits per heavy atom. The second-order valence-electron chi connectivity index (χ2n) is 5.94. The highest BCUT2D eigenvalue weighted by atomic mass is 16.5. The minimum Gasteiger partial charge on any atom is -0.351 e. The lowest BCUT2D eigenvalue weighted by molar-refractivity contribution is 0.0703. The van der Waals surface area contributed by atoms with Gasteiger partial charge in [0.2, 0.25) is 5.76 Å². The summed E-state index contributed by atoms with van der Waals surface area (Å²) in [4.78, 5) is 18.6. The number of aromatic nitrogens is 1. The summed E-state index contributed by atoms with van der Waals surface area (Å²) in [5, 5.41) is 3.80. The van der Waals surface area contributed by atoms with Crippen LogP contribution in [-0.4, -0.2) is 80.1 Å². The van der Waals surface area contributed by atoms with Crippen molar-refractivity contribution in [1.82, 2.24) is 19.9 Å². The maximum atomic E-state index is 12.5. The minimum atomic E-state index is -0.0619. The first kappa shape index (κ1) is 17.7. The maximum absolute atomic E-state index is 12.5. The van der Waals surface area contributed by atoms with Crippen molar-refractivity contribution < 1.29 is 9.32 Å². The van der Waals surface area contributed by atoms with Gasteiger partial charge in [0.1, 0.15) is 0 Å². The van der Waals surface area contributed by atoms with E-state index in [2.05, 4.69) is 15.0 Å². The Balaban J connectivity index is 2.59. The average molecular weight is 296 g/mol. The molecule has 0 aliphatic heterocycles. The molecule has 0 spiro atoms. The Morgan fingerprint density at radius 2 is 1.57 bits per heavy atom. The molecule has 1 aromatic rings. The molecule has 1 amide bonds. The number of aryl methyl sites for hydroxylation is 1. The molecule has 120 valence electrons. The molecule has 6 nitrogen and oxygen atoms in total. The quantitative estimate of drug-likeness (QED) is 0.688. The zero-order chi connectivity index (χ0) is 15.8. The molecule has 1 aromatic heterocycles. The molecule has 0 radical (unpaired) electrons. The normalized spacial score (nSPS) is 11.4. The largest absolute Gasteiger partial charge is 0.351 e. The van der Waals surface area contributed by atoms with E-state index in [1.54, 1.807) is 6.07 Å². The molecule has 0 bridgehead atoms. The third-order valence-corrected chi connectivity index (χ3v) is 3.19. The van der Waals surface area contributed by atoms with Crippen LogP contribution in [0, 0.1) is 6.92 Å². The third-order valence-electron chi connectivity index (χ3n) is 3.19. The van der Waals surface area contributed by atoms with Crippen molar-refractivity contribution in [1.29, 1.82) is 0 Å². The van der Waals surface area contributed by atoms with Gasteiger partial charge in [-0.15, -0.1) is 0 Å². The molecule has 6 heteroatoms. The lowest BCUT2D eigenvalue weighted by atomic mass is 10.2. The number of rotatable bonds is 9. The molecular formula is C15H28N4O2. The van der Waals surface area contributed by atoms with Crippen LogP contribution in [-0.2, 0) is 0 Å². The van der Waals surface area contributed by atoms with Gasteiger partial charge in [-0.3, -0.25) is 4.79 Å². The molecule has 0 saturated heterocycles. The second-order valence-corrected chi connectivity index (χ2v) is 5.94. The molecule has 0 saturated carbocycles. The summed E-state index contributed by atoms with van der Waals surface area (Å²) in [6.07, 6.45) is 1.90. The molecule has 0 N–H and O–H groups in total. The van der Waals surface area contributed by atoms with Gasteiger partial charge in [-0.2, -0.15) is 0 Å². The fraction of sp³-hybridized carbons (Fsp3) is 0.733. The summed E-state index contributed by atoms with van der Waals surface area (Å²) >= 11 is 0. The van der Waals surface area contributed by atoms with Crippen LogP contribution in [0.3, 0.4) is 0 Å². The van der Waals surface area contributed by atoms with E-state index in [-0.39, 0.29) is 5.91 Å². The van der Waals surface area contributed by atoms with Gasteiger partial charge in [-0.25, -0.2) is 0 Å². The molecule has 21 heavy (non-hydrogen) atoms. The SMILES string of the molecule is Cc1cc(C(=O)N(CCCN(C)C)CCCN(C)C)on1. The first-order valence-corrected chi connectivity index (χ1v) is 7.42. The summed E-state index contributed by atoms with van der Waals surface area (Å²) in [7, 11) is 8.16. The van der Waals surface area contributed by atoms with Crippen LogP contribution in [0.5, 0.6) is 0 Å². The van der Waals surface area contributed by atoms with Crippen LogP contribution >= 0.6 is 0 Å². The van der Waals surface area contributed by atoms with E-state index in [1.807, 2.05) is 40.0 Å². The summed E-state index contributed by atoms with van der Waals surface area (Å²) in [6.45, 7) is 5.23. The van der Waals surface area contributed by atoms with Gasteiger partial charge < -0.3 is 19.2 Å². The van der Waals surface area contributed by atoms with Crippen molar-refractivity contribution in [2.24, 2.45) is 0 Å². The average Bonchev–Trinajstić information content (AvgIpc) is 2.82. The van der Waals surface area contributed by atoms with Crippen molar-refractivity contribution in [2.75, 3.05) is 54.4 Å². The van der Waals surface area contributed by atoms with Crippen LogP contribution in [0.2, 0.25) is 0 Å². The number of carbonyl (C=O) groups excluding carboxylic acids is 1. The first-order chi connectivity index (χ1) is 9.90. The van der Waals surface area contributed by atoms with Crippen molar-refractivity contribution in [2.45, 2.75) is 19.8 Å². The van der Waals surface area contributed by atoms with Crippen molar-refractivity contribution in [3.05, 3.63) is 17.5 Å². The smallest absolute Gasteiger partial charge is 0.292 e. The molecule has 0 atom stereocenters. The van der Waals surface area contributed by atoms with Gasteiger partial charge in [-0.05, 0) is 61.0 Å². The van der Waals surface area contributed by atoms with Gasteiger partial charge >= 0.3 is 0 Å². The standard InChI is InChI=1S/C15H28N4O2/c1-13-12-14(21-16-13)15(20)19(10-6-8-17(2)3)11-7-9-18(4)5/h12H,6-11H2,1-5H3. The molecule has 1 heterocycles. The Bertz CT molecular complexity index is 415. The van der Waals surface area contributed by atoms with E-state index < -0.39 is 0 Å². The van der Waals surface area contributed by atoms with Crippen molar-refractivity contribution in [3.8, 4) is 0 Å². The minimum absolute atomic E-state index is 0.0619. The van der Waals surface area contributed by atoms with E-state index in [1.165, 1.54) is 0 Å².